The molecule has 0 aromatic heterocycles. The van der Waals surface area contributed by atoms with Crippen molar-refractivity contribution in [3.8, 4) is 0 Å². The summed E-state index contributed by atoms with van der Waals surface area (Å²) in [6, 6.07) is 8.42. The van der Waals surface area contributed by atoms with Crippen LogP contribution >= 0.6 is 15.9 Å². The summed E-state index contributed by atoms with van der Waals surface area (Å²) in [6.45, 7) is 4.45. The molecule has 0 bridgehead atoms. The molecule has 2 nitrogen and oxygen atoms in total. The zero-order chi connectivity index (χ0) is 12.7. The molecule has 0 amide bonds. The summed E-state index contributed by atoms with van der Waals surface area (Å²) in [5.74, 6) is 0. The van der Waals surface area contributed by atoms with Gasteiger partial charge in [-0.25, -0.2) is 0 Å². The Labute approximate surface area is 113 Å². The fraction of sp³-hybridized carbons (Fsp3) is 0.571. The lowest BCUT2D eigenvalue weighted by atomic mass is 10.0. The zero-order valence-corrected chi connectivity index (χ0v) is 12.4. The van der Waals surface area contributed by atoms with Gasteiger partial charge in [-0.05, 0) is 50.7 Å². The predicted molar refractivity (Wildman–Crippen MR) is 78.1 cm³/mol. The van der Waals surface area contributed by atoms with E-state index in [2.05, 4.69) is 46.9 Å². The van der Waals surface area contributed by atoms with Crippen LogP contribution in [0.2, 0.25) is 0 Å². The molecule has 1 aromatic rings. The molecule has 0 aliphatic rings. The fourth-order valence-electron chi connectivity index (χ4n) is 1.80. The van der Waals surface area contributed by atoms with Crippen LogP contribution in [0.1, 0.15) is 37.8 Å². The minimum absolute atomic E-state index is 0.136. The summed E-state index contributed by atoms with van der Waals surface area (Å²) < 4.78 is 1.10. The van der Waals surface area contributed by atoms with Crippen LogP contribution in [0.4, 0.5) is 0 Å². The number of hydrogen-bond donors (Lipinski definition) is 1. The highest BCUT2D eigenvalue weighted by Crippen LogP contribution is 2.18. The van der Waals surface area contributed by atoms with Gasteiger partial charge in [0, 0.05) is 10.5 Å². The Bertz CT molecular complexity index is 328. The maximum Gasteiger partial charge on any atom is 0.0307 e. The lowest BCUT2D eigenvalue weighted by molar-refractivity contribution is 0.313. The highest BCUT2D eigenvalue weighted by molar-refractivity contribution is 9.10. The molecule has 0 heterocycles. The molecule has 0 aliphatic carbocycles. The van der Waals surface area contributed by atoms with Crippen molar-refractivity contribution in [2.24, 2.45) is 5.73 Å². The monoisotopic (exact) mass is 298 g/mol. The second kappa shape index (κ2) is 7.85. The lowest BCUT2D eigenvalue weighted by Crippen LogP contribution is -2.24. The van der Waals surface area contributed by atoms with Crippen LogP contribution in [0.15, 0.2) is 28.7 Å². The topological polar surface area (TPSA) is 29.3 Å². The standard InChI is InChI=1S/C14H23BrN2/c1-3-4-9-17(2)10-8-14(16)12-6-5-7-13(15)11-12/h5-7,11,14H,3-4,8-10,16H2,1-2H3. The van der Waals surface area contributed by atoms with E-state index in [1.807, 2.05) is 12.1 Å². The van der Waals surface area contributed by atoms with Crippen LogP contribution in [0.5, 0.6) is 0 Å². The van der Waals surface area contributed by atoms with E-state index in [1.54, 1.807) is 0 Å². The third-order valence-corrected chi connectivity index (χ3v) is 3.49. The Morgan fingerprint density at radius 1 is 1.35 bits per heavy atom. The number of halogens is 1. The largest absolute Gasteiger partial charge is 0.324 e. The molecule has 3 heteroatoms. The van der Waals surface area contributed by atoms with Gasteiger partial charge in [0.25, 0.3) is 0 Å². The zero-order valence-electron chi connectivity index (χ0n) is 10.8. The van der Waals surface area contributed by atoms with Crippen LogP contribution in [0, 0.1) is 0 Å². The third kappa shape index (κ3) is 5.66. The fourth-order valence-corrected chi connectivity index (χ4v) is 2.22. The second-order valence-corrected chi connectivity index (χ2v) is 5.52. The van der Waals surface area contributed by atoms with Gasteiger partial charge in [-0.15, -0.1) is 0 Å². The summed E-state index contributed by atoms with van der Waals surface area (Å²) in [6.07, 6.45) is 3.53. The molecular weight excluding hydrogens is 276 g/mol. The van der Waals surface area contributed by atoms with Crippen LogP contribution in [0.3, 0.4) is 0 Å². The Balaban J connectivity index is 2.36. The molecule has 0 saturated heterocycles. The van der Waals surface area contributed by atoms with Gasteiger partial charge in [0.05, 0.1) is 0 Å². The molecule has 1 unspecified atom stereocenters. The molecule has 0 fully saturated rings. The quantitative estimate of drug-likeness (QED) is 0.834. The predicted octanol–water partition coefficient (Wildman–Crippen LogP) is 3.57. The van der Waals surface area contributed by atoms with Gasteiger partial charge in [0.1, 0.15) is 0 Å². The van der Waals surface area contributed by atoms with E-state index < -0.39 is 0 Å². The molecule has 1 atom stereocenters. The van der Waals surface area contributed by atoms with Gasteiger partial charge in [0.2, 0.25) is 0 Å². The highest BCUT2D eigenvalue weighted by atomic mass is 79.9. The average Bonchev–Trinajstić information content (AvgIpc) is 2.33. The van der Waals surface area contributed by atoms with Gasteiger partial charge in [-0.3, -0.25) is 0 Å². The minimum Gasteiger partial charge on any atom is -0.324 e. The highest BCUT2D eigenvalue weighted by Gasteiger charge is 2.07. The SMILES string of the molecule is CCCCN(C)CCC(N)c1cccc(Br)c1. The summed E-state index contributed by atoms with van der Waals surface area (Å²) in [4.78, 5) is 2.36. The molecule has 0 radical (unpaired) electrons. The Morgan fingerprint density at radius 3 is 2.76 bits per heavy atom. The average molecular weight is 299 g/mol. The van der Waals surface area contributed by atoms with Gasteiger partial charge in [-0.1, -0.05) is 41.4 Å². The summed E-state index contributed by atoms with van der Waals surface area (Å²) in [5, 5.41) is 0. The number of benzene rings is 1. The van der Waals surface area contributed by atoms with Crippen molar-refractivity contribution in [3.63, 3.8) is 0 Å². The van der Waals surface area contributed by atoms with E-state index in [9.17, 15) is 0 Å². The molecule has 0 spiro atoms. The number of hydrogen-bond acceptors (Lipinski definition) is 2. The first-order valence-electron chi connectivity index (χ1n) is 6.33. The molecular formula is C14H23BrN2. The summed E-state index contributed by atoms with van der Waals surface area (Å²) in [5.41, 5.74) is 7.40. The van der Waals surface area contributed by atoms with Crippen molar-refractivity contribution >= 4 is 15.9 Å². The van der Waals surface area contributed by atoms with Crippen LogP contribution in [-0.2, 0) is 0 Å². The number of nitrogens with zero attached hydrogens (tertiary/aromatic N) is 1. The minimum atomic E-state index is 0.136. The second-order valence-electron chi connectivity index (χ2n) is 4.61. The summed E-state index contributed by atoms with van der Waals surface area (Å²) >= 11 is 3.48. The van der Waals surface area contributed by atoms with E-state index in [0.29, 0.717) is 0 Å². The molecule has 2 N–H and O–H groups in total. The summed E-state index contributed by atoms with van der Waals surface area (Å²) in [7, 11) is 2.17. The smallest absolute Gasteiger partial charge is 0.0307 e. The molecule has 96 valence electrons. The van der Waals surface area contributed by atoms with E-state index >= 15 is 0 Å². The van der Waals surface area contributed by atoms with Crippen LogP contribution < -0.4 is 5.73 Å². The Morgan fingerprint density at radius 2 is 2.12 bits per heavy atom. The van der Waals surface area contributed by atoms with E-state index in [0.717, 1.165) is 17.4 Å². The number of unbranched alkanes of at least 4 members (excludes halogenated alkanes) is 1. The maximum absolute atomic E-state index is 6.19. The lowest BCUT2D eigenvalue weighted by Gasteiger charge is -2.19. The van der Waals surface area contributed by atoms with Crippen molar-refractivity contribution in [2.45, 2.75) is 32.2 Å². The molecule has 1 rings (SSSR count). The van der Waals surface area contributed by atoms with Crippen LogP contribution in [-0.4, -0.2) is 25.0 Å². The molecule has 17 heavy (non-hydrogen) atoms. The Hall–Kier alpha value is -0.380. The molecule has 1 aromatic carbocycles. The van der Waals surface area contributed by atoms with Crippen LogP contribution in [0.25, 0.3) is 0 Å². The normalized spacial score (nSPS) is 13.0. The number of rotatable bonds is 7. The van der Waals surface area contributed by atoms with E-state index in [-0.39, 0.29) is 6.04 Å². The maximum atomic E-state index is 6.19. The Kier molecular flexibility index (Phi) is 6.78. The third-order valence-electron chi connectivity index (χ3n) is 2.99. The van der Waals surface area contributed by atoms with Crippen molar-refractivity contribution in [1.82, 2.24) is 4.90 Å². The van der Waals surface area contributed by atoms with Crippen molar-refractivity contribution in [1.29, 1.82) is 0 Å². The molecule has 0 aliphatic heterocycles. The van der Waals surface area contributed by atoms with Gasteiger partial charge < -0.3 is 10.6 Å². The van der Waals surface area contributed by atoms with Crippen molar-refractivity contribution < 1.29 is 0 Å². The number of nitrogens with two attached hydrogens (primary N) is 1. The van der Waals surface area contributed by atoms with Gasteiger partial charge >= 0.3 is 0 Å². The van der Waals surface area contributed by atoms with Crippen molar-refractivity contribution in [3.05, 3.63) is 34.3 Å². The first kappa shape index (κ1) is 14.7. The molecule has 0 saturated carbocycles. The van der Waals surface area contributed by atoms with E-state index in [4.69, 9.17) is 5.73 Å². The van der Waals surface area contributed by atoms with Crippen molar-refractivity contribution in [2.75, 3.05) is 20.1 Å². The van der Waals surface area contributed by atoms with E-state index in [1.165, 1.54) is 24.9 Å². The van der Waals surface area contributed by atoms with Gasteiger partial charge in [0.15, 0.2) is 0 Å². The first-order chi connectivity index (χ1) is 8.13. The first-order valence-corrected chi connectivity index (χ1v) is 7.12. The van der Waals surface area contributed by atoms with Gasteiger partial charge in [-0.2, -0.15) is 0 Å².